The van der Waals surface area contributed by atoms with E-state index in [4.69, 9.17) is 0 Å². The third-order valence-electron chi connectivity index (χ3n) is 6.81. The van der Waals surface area contributed by atoms with Crippen LogP contribution in [-0.2, 0) is 16.0 Å². The number of hydrogen-bond acceptors (Lipinski definition) is 3. The largest absolute Gasteiger partial charge is 0.333 e. The van der Waals surface area contributed by atoms with E-state index in [0.717, 1.165) is 17.5 Å². The lowest BCUT2D eigenvalue weighted by Gasteiger charge is -2.38. The number of rotatable bonds is 8. The molecule has 1 aromatic heterocycles. The molecule has 5 heteroatoms. The maximum atomic E-state index is 13.9. The zero-order chi connectivity index (χ0) is 24.9. The number of hydrogen-bond donors (Lipinski definition) is 0. The predicted molar refractivity (Wildman–Crippen MR) is 144 cm³/mol. The Kier molecular flexibility index (Phi) is 8.07. The molecular formula is C30H36N2O2S. The summed E-state index contributed by atoms with van der Waals surface area (Å²) in [5, 5.41) is 2.13. The van der Waals surface area contributed by atoms with Crippen LogP contribution in [0.4, 0.5) is 0 Å². The topological polar surface area (TPSA) is 40.6 Å². The van der Waals surface area contributed by atoms with Gasteiger partial charge in [0.1, 0.15) is 0 Å². The molecule has 35 heavy (non-hydrogen) atoms. The van der Waals surface area contributed by atoms with Crippen molar-refractivity contribution in [2.45, 2.75) is 52.5 Å². The molecule has 2 atom stereocenters. The Bertz CT molecular complexity index is 1140. The van der Waals surface area contributed by atoms with Gasteiger partial charge < -0.3 is 9.80 Å². The molecule has 184 valence electrons. The minimum absolute atomic E-state index is 0.0179. The molecular weight excluding hydrogens is 452 g/mol. The van der Waals surface area contributed by atoms with Crippen molar-refractivity contribution in [1.82, 2.24) is 9.80 Å². The summed E-state index contributed by atoms with van der Waals surface area (Å²) >= 11 is 1.77. The van der Waals surface area contributed by atoms with Crippen LogP contribution in [0.2, 0.25) is 0 Å². The van der Waals surface area contributed by atoms with Gasteiger partial charge in [0, 0.05) is 18.0 Å². The van der Waals surface area contributed by atoms with E-state index < -0.39 is 0 Å². The molecule has 0 fully saturated rings. The monoisotopic (exact) mass is 488 g/mol. The van der Waals surface area contributed by atoms with Crippen molar-refractivity contribution in [3.8, 4) is 0 Å². The van der Waals surface area contributed by atoms with Crippen molar-refractivity contribution < 1.29 is 9.59 Å². The molecule has 0 N–H and O–H groups in total. The normalized spacial score (nSPS) is 16.1. The van der Waals surface area contributed by atoms with E-state index in [2.05, 4.69) is 56.5 Å². The van der Waals surface area contributed by atoms with Gasteiger partial charge in [0.25, 0.3) is 0 Å². The maximum Gasteiger partial charge on any atom is 0.242 e. The van der Waals surface area contributed by atoms with Gasteiger partial charge >= 0.3 is 0 Å². The highest BCUT2D eigenvalue weighted by molar-refractivity contribution is 7.10. The van der Waals surface area contributed by atoms with Gasteiger partial charge in [0.05, 0.1) is 18.5 Å². The molecule has 0 saturated carbocycles. The fourth-order valence-electron chi connectivity index (χ4n) is 5.08. The molecule has 2 amide bonds. The Labute approximate surface area is 213 Å². The fraction of sp³-hybridized carbons (Fsp3) is 0.400. The van der Waals surface area contributed by atoms with Gasteiger partial charge in [0.15, 0.2) is 0 Å². The van der Waals surface area contributed by atoms with Crippen LogP contribution < -0.4 is 0 Å². The predicted octanol–water partition coefficient (Wildman–Crippen LogP) is 6.21. The van der Waals surface area contributed by atoms with Gasteiger partial charge in [-0.2, -0.15) is 0 Å². The summed E-state index contributed by atoms with van der Waals surface area (Å²) in [6.45, 7) is 9.67. The number of fused-ring (bicyclic) bond motifs is 1. The summed E-state index contributed by atoms with van der Waals surface area (Å²) in [6, 6.07) is 20.5. The minimum Gasteiger partial charge on any atom is -0.333 e. The average Bonchev–Trinajstić information content (AvgIpc) is 3.33. The van der Waals surface area contributed by atoms with Crippen LogP contribution in [0.1, 0.15) is 66.3 Å². The van der Waals surface area contributed by atoms with Crippen LogP contribution in [0.25, 0.3) is 0 Å². The van der Waals surface area contributed by atoms with Crippen LogP contribution in [0, 0.1) is 12.8 Å². The van der Waals surface area contributed by atoms with Gasteiger partial charge in [0.2, 0.25) is 11.8 Å². The molecule has 2 unspecified atom stereocenters. The Morgan fingerprint density at radius 2 is 1.77 bits per heavy atom. The number of benzene rings is 2. The first-order chi connectivity index (χ1) is 16.9. The van der Waals surface area contributed by atoms with Crippen molar-refractivity contribution in [1.29, 1.82) is 0 Å². The van der Waals surface area contributed by atoms with E-state index in [1.165, 1.54) is 16.0 Å². The minimum atomic E-state index is -0.236. The zero-order valence-electron chi connectivity index (χ0n) is 21.2. The maximum absolute atomic E-state index is 13.9. The van der Waals surface area contributed by atoms with Crippen molar-refractivity contribution in [2.75, 3.05) is 19.6 Å². The molecule has 0 aliphatic carbocycles. The first kappa shape index (κ1) is 25.2. The molecule has 4 rings (SSSR count). The molecule has 3 aromatic rings. The molecule has 2 heterocycles. The first-order valence-electron chi connectivity index (χ1n) is 12.6. The molecule has 2 aromatic carbocycles. The van der Waals surface area contributed by atoms with Crippen molar-refractivity contribution in [3.05, 3.63) is 93.2 Å². The second-order valence-corrected chi connectivity index (χ2v) is 10.9. The summed E-state index contributed by atoms with van der Waals surface area (Å²) in [6.07, 6.45) is 1.57. The highest BCUT2D eigenvalue weighted by Crippen LogP contribution is 2.38. The molecule has 0 saturated heterocycles. The summed E-state index contributed by atoms with van der Waals surface area (Å²) in [5.74, 6) is 0.100. The van der Waals surface area contributed by atoms with Gasteiger partial charge in [-0.1, -0.05) is 80.9 Å². The number of aryl methyl sites for hydroxylation is 1. The lowest BCUT2D eigenvalue weighted by Crippen LogP contribution is -2.48. The Balaban J connectivity index is 1.61. The molecule has 4 nitrogen and oxygen atoms in total. The first-order valence-corrected chi connectivity index (χ1v) is 13.5. The van der Waals surface area contributed by atoms with Crippen LogP contribution in [0.3, 0.4) is 0 Å². The lowest BCUT2D eigenvalue weighted by atomic mass is 9.92. The van der Waals surface area contributed by atoms with E-state index in [1.807, 2.05) is 42.2 Å². The summed E-state index contributed by atoms with van der Waals surface area (Å²) in [4.78, 5) is 32.7. The van der Waals surface area contributed by atoms with Crippen molar-refractivity contribution >= 4 is 23.2 Å². The van der Waals surface area contributed by atoms with Gasteiger partial charge in [-0.05, 0) is 53.8 Å². The van der Waals surface area contributed by atoms with E-state index in [0.29, 0.717) is 19.5 Å². The second-order valence-electron chi connectivity index (χ2n) is 9.93. The summed E-state index contributed by atoms with van der Waals surface area (Å²) < 4.78 is 0. The van der Waals surface area contributed by atoms with E-state index in [-0.39, 0.29) is 36.2 Å². The Hall–Kier alpha value is -2.92. The van der Waals surface area contributed by atoms with Gasteiger partial charge in [-0.25, -0.2) is 0 Å². The fourth-order valence-corrected chi connectivity index (χ4v) is 5.98. The van der Waals surface area contributed by atoms with Crippen molar-refractivity contribution in [2.24, 2.45) is 5.92 Å². The Morgan fingerprint density at radius 3 is 2.43 bits per heavy atom. The lowest BCUT2D eigenvalue weighted by molar-refractivity contribution is -0.143. The van der Waals surface area contributed by atoms with Crippen LogP contribution in [0.15, 0.2) is 66.0 Å². The number of carbonyl (C=O) groups excluding carboxylic acids is 2. The molecule has 1 aliphatic rings. The zero-order valence-corrected chi connectivity index (χ0v) is 22.1. The van der Waals surface area contributed by atoms with Crippen LogP contribution in [-0.4, -0.2) is 41.2 Å². The average molecular weight is 489 g/mol. The Morgan fingerprint density at radius 1 is 1.06 bits per heavy atom. The smallest absolute Gasteiger partial charge is 0.242 e. The van der Waals surface area contributed by atoms with Gasteiger partial charge in [-0.15, -0.1) is 11.3 Å². The number of nitrogens with zero attached hydrogens (tertiary/aromatic N) is 2. The molecule has 0 spiro atoms. The quantitative estimate of drug-likeness (QED) is 0.378. The van der Waals surface area contributed by atoms with E-state index in [9.17, 15) is 9.59 Å². The number of amides is 2. The number of carbonyl (C=O) groups is 2. The molecule has 0 bridgehead atoms. The van der Waals surface area contributed by atoms with E-state index >= 15 is 0 Å². The number of thiophene rings is 1. The van der Waals surface area contributed by atoms with Gasteiger partial charge in [-0.3, -0.25) is 9.59 Å². The molecule has 1 aliphatic heterocycles. The summed E-state index contributed by atoms with van der Waals surface area (Å²) in [7, 11) is 0. The third-order valence-corrected chi connectivity index (χ3v) is 7.81. The summed E-state index contributed by atoms with van der Waals surface area (Å²) in [5.41, 5.74) is 4.56. The van der Waals surface area contributed by atoms with Crippen molar-refractivity contribution in [3.63, 3.8) is 0 Å². The van der Waals surface area contributed by atoms with Crippen LogP contribution >= 0.6 is 11.3 Å². The highest BCUT2D eigenvalue weighted by atomic mass is 32.1. The molecule has 0 radical (unpaired) electrons. The SMILES string of the molecule is CCC(C(=O)N(CC(=O)N1CCc2sccc2C1c1ccc(C)cc1)CC(C)C)c1ccccc1. The van der Waals surface area contributed by atoms with E-state index in [1.54, 1.807) is 16.2 Å². The van der Waals surface area contributed by atoms with Crippen LogP contribution in [0.5, 0.6) is 0 Å². The standard InChI is InChI=1S/C30H36N2O2S/c1-5-25(23-9-7-6-8-10-23)30(34)31(19-21(2)3)20-28(33)32-17-15-27-26(16-18-35-27)29(32)24-13-11-22(4)12-14-24/h6-14,16,18,21,25,29H,5,15,17,19-20H2,1-4H3. The second kappa shape index (κ2) is 11.2. The third kappa shape index (κ3) is 5.67. The highest BCUT2D eigenvalue weighted by Gasteiger charge is 2.35.